The SMILES string of the molecule is S=C(NCc1ccc2c(c1)OCO2)NNc1nc(-c2ccccc2)cs1. The van der Waals surface area contributed by atoms with Gasteiger partial charge < -0.3 is 14.8 Å². The number of aromatic nitrogens is 1. The Hall–Kier alpha value is -2.84. The number of anilines is 1. The Balaban J connectivity index is 1.27. The van der Waals surface area contributed by atoms with E-state index in [1.165, 1.54) is 11.3 Å². The van der Waals surface area contributed by atoms with E-state index in [-0.39, 0.29) is 6.79 Å². The van der Waals surface area contributed by atoms with Crippen LogP contribution in [0.2, 0.25) is 0 Å². The first-order chi connectivity index (χ1) is 12.8. The summed E-state index contributed by atoms with van der Waals surface area (Å²) in [6.45, 7) is 0.853. The van der Waals surface area contributed by atoms with Gasteiger partial charge in [0.2, 0.25) is 11.9 Å². The van der Waals surface area contributed by atoms with Crippen LogP contribution in [0, 0.1) is 0 Å². The van der Waals surface area contributed by atoms with Gasteiger partial charge >= 0.3 is 0 Å². The first kappa shape index (κ1) is 16.6. The van der Waals surface area contributed by atoms with Crippen LogP contribution in [0.15, 0.2) is 53.9 Å². The number of benzene rings is 2. The van der Waals surface area contributed by atoms with E-state index in [9.17, 15) is 0 Å². The molecule has 3 aromatic rings. The summed E-state index contributed by atoms with van der Waals surface area (Å²) in [6.07, 6.45) is 0. The normalized spacial score (nSPS) is 11.8. The summed E-state index contributed by atoms with van der Waals surface area (Å²) in [4.78, 5) is 4.54. The van der Waals surface area contributed by atoms with Gasteiger partial charge in [0, 0.05) is 17.5 Å². The number of hydrogen-bond acceptors (Lipinski definition) is 6. The largest absolute Gasteiger partial charge is 0.454 e. The molecule has 0 fully saturated rings. The number of nitrogens with one attached hydrogen (secondary N) is 3. The van der Waals surface area contributed by atoms with Crippen molar-refractivity contribution in [3.8, 4) is 22.8 Å². The minimum Gasteiger partial charge on any atom is -0.454 e. The average Bonchev–Trinajstić information content (AvgIpc) is 3.34. The van der Waals surface area contributed by atoms with E-state index >= 15 is 0 Å². The molecule has 2 aromatic carbocycles. The van der Waals surface area contributed by atoms with Gasteiger partial charge in [0.1, 0.15) is 0 Å². The Bertz CT molecular complexity index is 915. The summed E-state index contributed by atoms with van der Waals surface area (Å²) in [6, 6.07) is 15.9. The molecule has 6 nitrogen and oxygen atoms in total. The lowest BCUT2D eigenvalue weighted by Gasteiger charge is -2.11. The zero-order valence-electron chi connectivity index (χ0n) is 13.7. The van der Waals surface area contributed by atoms with Crippen molar-refractivity contribution in [2.24, 2.45) is 0 Å². The Morgan fingerprint density at radius 2 is 1.96 bits per heavy atom. The molecule has 0 saturated heterocycles. The maximum atomic E-state index is 5.37. The van der Waals surface area contributed by atoms with Crippen molar-refractivity contribution in [1.29, 1.82) is 0 Å². The molecule has 4 rings (SSSR count). The number of fused-ring (bicyclic) bond motifs is 1. The van der Waals surface area contributed by atoms with Crippen LogP contribution in [0.5, 0.6) is 11.5 Å². The third kappa shape index (κ3) is 3.87. The van der Waals surface area contributed by atoms with Gasteiger partial charge in [0.25, 0.3) is 0 Å². The summed E-state index contributed by atoms with van der Waals surface area (Å²) < 4.78 is 10.7. The van der Waals surface area contributed by atoms with Crippen molar-refractivity contribution in [2.75, 3.05) is 12.2 Å². The Kier molecular flexibility index (Phi) is 4.85. The fraction of sp³-hybridized carbons (Fsp3) is 0.111. The van der Waals surface area contributed by atoms with Crippen LogP contribution < -0.4 is 25.6 Å². The van der Waals surface area contributed by atoms with Gasteiger partial charge in [0.05, 0.1) is 5.69 Å². The van der Waals surface area contributed by atoms with Crippen molar-refractivity contribution >= 4 is 33.8 Å². The minimum absolute atomic E-state index is 0.273. The van der Waals surface area contributed by atoms with Crippen LogP contribution in [0.25, 0.3) is 11.3 Å². The summed E-state index contributed by atoms with van der Waals surface area (Å²) in [5.41, 5.74) is 9.04. The van der Waals surface area contributed by atoms with E-state index in [4.69, 9.17) is 21.7 Å². The van der Waals surface area contributed by atoms with E-state index < -0.39 is 0 Å². The van der Waals surface area contributed by atoms with Gasteiger partial charge in [-0.25, -0.2) is 4.98 Å². The van der Waals surface area contributed by atoms with Gasteiger partial charge in [0.15, 0.2) is 16.6 Å². The standard InChI is InChI=1S/C18H16N4O2S2/c25-17(19-9-12-6-7-15-16(8-12)24-11-23-15)21-22-18-20-14(10-26-18)13-4-2-1-3-5-13/h1-8,10H,9,11H2,(H,20,22)(H2,19,21,25). The van der Waals surface area contributed by atoms with Crippen LogP contribution in [0.3, 0.4) is 0 Å². The smallest absolute Gasteiger partial charge is 0.231 e. The predicted molar refractivity (Wildman–Crippen MR) is 106 cm³/mol. The molecule has 1 aromatic heterocycles. The number of thiocarbonyl (C=S) groups is 1. The maximum Gasteiger partial charge on any atom is 0.231 e. The Labute approximate surface area is 160 Å². The molecule has 26 heavy (non-hydrogen) atoms. The Morgan fingerprint density at radius 1 is 1.12 bits per heavy atom. The van der Waals surface area contributed by atoms with Crippen LogP contribution in [-0.4, -0.2) is 16.9 Å². The topological polar surface area (TPSA) is 67.4 Å². The molecular weight excluding hydrogens is 368 g/mol. The van der Waals surface area contributed by atoms with Gasteiger partial charge in [-0.3, -0.25) is 10.9 Å². The van der Waals surface area contributed by atoms with Crippen molar-refractivity contribution in [3.05, 3.63) is 59.5 Å². The van der Waals surface area contributed by atoms with E-state index in [0.717, 1.165) is 33.5 Å². The van der Waals surface area contributed by atoms with Gasteiger partial charge in [-0.15, -0.1) is 11.3 Å². The highest BCUT2D eigenvalue weighted by Gasteiger charge is 2.13. The summed E-state index contributed by atoms with van der Waals surface area (Å²) in [7, 11) is 0. The first-order valence-electron chi connectivity index (χ1n) is 7.97. The maximum absolute atomic E-state index is 5.37. The van der Waals surface area contributed by atoms with E-state index in [2.05, 4.69) is 21.2 Å². The van der Waals surface area contributed by atoms with Gasteiger partial charge in [-0.2, -0.15) is 0 Å². The van der Waals surface area contributed by atoms with Gasteiger partial charge in [-0.05, 0) is 29.9 Å². The quantitative estimate of drug-likeness (QED) is 0.459. The lowest BCUT2D eigenvalue weighted by atomic mass is 10.2. The summed E-state index contributed by atoms with van der Waals surface area (Å²) >= 11 is 6.80. The predicted octanol–water partition coefficient (Wildman–Crippen LogP) is 3.53. The molecule has 0 atom stereocenters. The number of ether oxygens (including phenoxy) is 2. The average molecular weight is 384 g/mol. The van der Waals surface area contributed by atoms with Crippen molar-refractivity contribution in [3.63, 3.8) is 0 Å². The first-order valence-corrected chi connectivity index (χ1v) is 9.26. The van der Waals surface area contributed by atoms with E-state index in [0.29, 0.717) is 11.7 Å². The summed E-state index contributed by atoms with van der Waals surface area (Å²) in [5, 5.41) is 6.37. The molecule has 132 valence electrons. The Morgan fingerprint density at radius 3 is 2.85 bits per heavy atom. The third-order valence-corrected chi connectivity index (χ3v) is 4.75. The molecule has 0 spiro atoms. The van der Waals surface area contributed by atoms with E-state index in [1.807, 2.05) is 53.9 Å². The fourth-order valence-electron chi connectivity index (χ4n) is 2.46. The summed E-state index contributed by atoms with van der Waals surface area (Å²) in [5.74, 6) is 1.53. The molecule has 1 aliphatic rings. The lowest BCUT2D eigenvalue weighted by Crippen LogP contribution is -2.38. The third-order valence-electron chi connectivity index (χ3n) is 3.75. The van der Waals surface area contributed by atoms with Crippen LogP contribution >= 0.6 is 23.6 Å². The van der Waals surface area contributed by atoms with Crippen molar-refractivity contribution < 1.29 is 9.47 Å². The van der Waals surface area contributed by atoms with Crippen LogP contribution in [-0.2, 0) is 6.54 Å². The molecule has 2 heterocycles. The second-order valence-corrected chi connectivity index (χ2v) is 6.79. The molecule has 0 aliphatic carbocycles. The molecule has 8 heteroatoms. The number of hydrogen-bond donors (Lipinski definition) is 3. The highest BCUT2D eigenvalue weighted by molar-refractivity contribution is 7.80. The van der Waals surface area contributed by atoms with Crippen LogP contribution in [0.4, 0.5) is 5.13 Å². The zero-order chi connectivity index (χ0) is 17.8. The minimum atomic E-state index is 0.273. The molecular formula is C18H16N4O2S2. The van der Waals surface area contributed by atoms with Crippen molar-refractivity contribution in [2.45, 2.75) is 6.54 Å². The van der Waals surface area contributed by atoms with Crippen molar-refractivity contribution in [1.82, 2.24) is 15.7 Å². The van der Waals surface area contributed by atoms with E-state index in [1.54, 1.807) is 0 Å². The number of hydrazine groups is 1. The molecule has 1 aliphatic heterocycles. The highest BCUT2D eigenvalue weighted by Crippen LogP contribution is 2.32. The second-order valence-electron chi connectivity index (χ2n) is 5.52. The number of thiazole rings is 1. The highest BCUT2D eigenvalue weighted by atomic mass is 32.1. The molecule has 0 saturated carbocycles. The monoisotopic (exact) mass is 384 g/mol. The lowest BCUT2D eigenvalue weighted by molar-refractivity contribution is 0.174. The second kappa shape index (κ2) is 7.59. The molecule has 3 N–H and O–H groups in total. The number of rotatable bonds is 5. The molecule has 0 unspecified atom stereocenters. The molecule has 0 radical (unpaired) electrons. The molecule has 0 amide bonds. The zero-order valence-corrected chi connectivity index (χ0v) is 15.3. The fourth-order valence-corrected chi connectivity index (χ4v) is 3.26. The van der Waals surface area contributed by atoms with Crippen LogP contribution in [0.1, 0.15) is 5.56 Å². The molecule has 0 bridgehead atoms. The van der Waals surface area contributed by atoms with Gasteiger partial charge in [-0.1, -0.05) is 36.4 Å². The number of nitrogens with zero attached hydrogens (tertiary/aromatic N) is 1.